The molecule has 1 aromatic carbocycles. The number of benzene rings is 1. The second-order valence-corrected chi connectivity index (χ2v) is 6.60. The number of anilines is 1. The fourth-order valence-corrected chi connectivity index (χ4v) is 1.97. The van der Waals surface area contributed by atoms with Gasteiger partial charge in [0, 0.05) is 18.7 Å². The number of methoxy groups -OCH3 is 1. The highest BCUT2D eigenvalue weighted by Gasteiger charge is 2.15. The maximum Gasteiger partial charge on any atom is 0.407 e. The number of rotatable bonds is 6. The fourth-order valence-electron chi connectivity index (χ4n) is 1.97. The predicted molar refractivity (Wildman–Crippen MR) is 94.6 cm³/mol. The number of hydrogen-bond donors (Lipinski definition) is 2. The topological polar surface area (TPSA) is 93.7 Å². The summed E-state index contributed by atoms with van der Waals surface area (Å²) in [6, 6.07) is 4.96. The van der Waals surface area contributed by atoms with Crippen molar-refractivity contribution in [3.8, 4) is 0 Å². The SMILES string of the molecule is COC(=O)c1ccc(C)c(NC(=O)CCCNC(=O)OC(C)(C)C)c1. The average molecular weight is 350 g/mol. The smallest absolute Gasteiger partial charge is 0.407 e. The van der Waals surface area contributed by atoms with E-state index in [1.54, 1.807) is 39.0 Å². The highest BCUT2D eigenvalue weighted by molar-refractivity contribution is 5.95. The summed E-state index contributed by atoms with van der Waals surface area (Å²) in [5, 5.41) is 5.36. The molecule has 0 aliphatic rings. The van der Waals surface area contributed by atoms with Gasteiger partial charge in [0.1, 0.15) is 5.60 Å². The lowest BCUT2D eigenvalue weighted by Gasteiger charge is -2.19. The number of carbonyl (C=O) groups excluding carboxylic acids is 3. The summed E-state index contributed by atoms with van der Waals surface area (Å²) in [6.45, 7) is 7.52. The number of nitrogens with one attached hydrogen (secondary N) is 2. The third kappa shape index (κ3) is 7.69. The molecular formula is C18H26N2O5. The number of aryl methyl sites for hydroxylation is 1. The molecule has 0 unspecified atom stereocenters. The number of esters is 1. The van der Waals surface area contributed by atoms with E-state index in [9.17, 15) is 14.4 Å². The third-order valence-electron chi connectivity index (χ3n) is 3.18. The molecule has 2 N–H and O–H groups in total. The maximum absolute atomic E-state index is 12.0. The quantitative estimate of drug-likeness (QED) is 0.607. The standard InChI is InChI=1S/C18H26N2O5/c1-12-8-9-13(16(22)24-5)11-14(12)20-15(21)7-6-10-19-17(23)25-18(2,3)4/h8-9,11H,6-7,10H2,1-5H3,(H,19,23)(H,20,21). The van der Waals surface area contributed by atoms with Crippen LogP contribution in [0.25, 0.3) is 0 Å². The average Bonchev–Trinajstić information content (AvgIpc) is 2.51. The lowest BCUT2D eigenvalue weighted by atomic mass is 10.1. The van der Waals surface area contributed by atoms with E-state index in [0.29, 0.717) is 24.2 Å². The first-order valence-electron chi connectivity index (χ1n) is 8.08. The van der Waals surface area contributed by atoms with E-state index in [4.69, 9.17) is 4.74 Å². The van der Waals surface area contributed by atoms with E-state index >= 15 is 0 Å². The van der Waals surface area contributed by atoms with Gasteiger partial charge in [-0.1, -0.05) is 6.07 Å². The Kier molecular flexibility index (Phi) is 7.42. The van der Waals surface area contributed by atoms with Crippen LogP contribution >= 0.6 is 0 Å². The summed E-state index contributed by atoms with van der Waals surface area (Å²) < 4.78 is 9.78. The molecule has 2 amide bonds. The lowest BCUT2D eigenvalue weighted by Crippen LogP contribution is -2.33. The summed E-state index contributed by atoms with van der Waals surface area (Å²) >= 11 is 0. The van der Waals surface area contributed by atoms with Crippen molar-refractivity contribution in [1.82, 2.24) is 5.32 Å². The molecule has 0 saturated heterocycles. The van der Waals surface area contributed by atoms with E-state index in [-0.39, 0.29) is 12.3 Å². The first-order valence-corrected chi connectivity index (χ1v) is 8.08. The van der Waals surface area contributed by atoms with Gasteiger partial charge in [-0.3, -0.25) is 4.79 Å². The Balaban J connectivity index is 2.45. The van der Waals surface area contributed by atoms with Gasteiger partial charge in [0.2, 0.25) is 5.91 Å². The Hall–Kier alpha value is -2.57. The van der Waals surface area contributed by atoms with Crippen molar-refractivity contribution in [3.05, 3.63) is 29.3 Å². The van der Waals surface area contributed by atoms with Crippen LogP contribution in [-0.2, 0) is 14.3 Å². The van der Waals surface area contributed by atoms with Crippen LogP contribution in [0, 0.1) is 6.92 Å². The van der Waals surface area contributed by atoms with Crippen molar-refractivity contribution >= 4 is 23.7 Å². The van der Waals surface area contributed by atoms with Crippen molar-refractivity contribution < 1.29 is 23.9 Å². The minimum absolute atomic E-state index is 0.198. The zero-order valence-electron chi connectivity index (χ0n) is 15.4. The third-order valence-corrected chi connectivity index (χ3v) is 3.18. The van der Waals surface area contributed by atoms with Crippen molar-refractivity contribution in [2.75, 3.05) is 19.0 Å². The number of amides is 2. The molecule has 0 fully saturated rings. The van der Waals surface area contributed by atoms with Crippen LogP contribution < -0.4 is 10.6 Å². The molecule has 0 heterocycles. The summed E-state index contributed by atoms with van der Waals surface area (Å²) in [7, 11) is 1.30. The minimum atomic E-state index is -0.552. The van der Waals surface area contributed by atoms with Crippen molar-refractivity contribution in [1.29, 1.82) is 0 Å². The van der Waals surface area contributed by atoms with E-state index in [0.717, 1.165) is 5.56 Å². The monoisotopic (exact) mass is 350 g/mol. The number of carbonyl (C=O) groups is 3. The molecular weight excluding hydrogens is 324 g/mol. The zero-order chi connectivity index (χ0) is 19.0. The van der Waals surface area contributed by atoms with E-state index in [2.05, 4.69) is 15.4 Å². The van der Waals surface area contributed by atoms with Gasteiger partial charge in [-0.25, -0.2) is 9.59 Å². The molecule has 0 aromatic heterocycles. The van der Waals surface area contributed by atoms with Crippen LogP contribution in [0.5, 0.6) is 0 Å². The molecule has 7 nitrogen and oxygen atoms in total. The summed E-state index contributed by atoms with van der Waals surface area (Å²) in [6.07, 6.45) is 0.202. The number of alkyl carbamates (subject to hydrolysis) is 1. The van der Waals surface area contributed by atoms with Gasteiger partial charge in [-0.2, -0.15) is 0 Å². The molecule has 0 atom stereocenters. The molecule has 0 aliphatic carbocycles. The number of ether oxygens (including phenoxy) is 2. The van der Waals surface area contributed by atoms with Crippen LogP contribution in [0.4, 0.5) is 10.5 Å². The second kappa shape index (κ2) is 9.05. The number of hydrogen-bond acceptors (Lipinski definition) is 5. The van der Waals surface area contributed by atoms with Crippen molar-refractivity contribution in [3.63, 3.8) is 0 Å². The van der Waals surface area contributed by atoms with Crippen LogP contribution in [-0.4, -0.2) is 37.2 Å². The summed E-state index contributed by atoms with van der Waals surface area (Å²) in [5.41, 5.74) is 1.22. The van der Waals surface area contributed by atoms with Gasteiger partial charge in [-0.15, -0.1) is 0 Å². The Labute approximate surface area is 148 Å². The molecule has 0 saturated carbocycles. The van der Waals surface area contributed by atoms with Crippen LogP contribution in [0.2, 0.25) is 0 Å². The molecule has 0 spiro atoms. The molecule has 25 heavy (non-hydrogen) atoms. The fraction of sp³-hybridized carbons (Fsp3) is 0.500. The second-order valence-electron chi connectivity index (χ2n) is 6.60. The molecule has 0 bridgehead atoms. The van der Waals surface area contributed by atoms with Gasteiger partial charge in [0.05, 0.1) is 12.7 Å². The van der Waals surface area contributed by atoms with Crippen LogP contribution in [0.15, 0.2) is 18.2 Å². The predicted octanol–water partition coefficient (Wildman–Crippen LogP) is 3.03. The molecule has 0 aliphatic heterocycles. The highest BCUT2D eigenvalue weighted by Crippen LogP contribution is 2.18. The van der Waals surface area contributed by atoms with Crippen molar-refractivity contribution in [2.24, 2.45) is 0 Å². The Bertz CT molecular complexity index is 635. The van der Waals surface area contributed by atoms with Crippen LogP contribution in [0.1, 0.15) is 49.5 Å². The first-order chi connectivity index (χ1) is 11.6. The summed E-state index contributed by atoms with van der Waals surface area (Å²) in [4.78, 5) is 35.1. The molecule has 138 valence electrons. The molecule has 0 radical (unpaired) electrons. The summed E-state index contributed by atoms with van der Waals surface area (Å²) in [5.74, 6) is -0.659. The van der Waals surface area contributed by atoms with Crippen LogP contribution in [0.3, 0.4) is 0 Å². The molecule has 7 heteroatoms. The largest absolute Gasteiger partial charge is 0.465 e. The Morgan fingerprint density at radius 1 is 1.16 bits per heavy atom. The maximum atomic E-state index is 12.0. The van der Waals surface area contributed by atoms with Gasteiger partial charge in [-0.05, 0) is 51.8 Å². The van der Waals surface area contributed by atoms with Gasteiger partial charge >= 0.3 is 12.1 Å². The van der Waals surface area contributed by atoms with Gasteiger partial charge < -0.3 is 20.1 Å². The highest BCUT2D eigenvalue weighted by atomic mass is 16.6. The van der Waals surface area contributed by atoms with E-state index in [1.165, 1.54) is 7.11 Å². The van der Waals surface area contributed by atoms with E-state index < -0.39 is 17.7 Å². The zero-order valence-corrected chi connectivity index (χ0v) is 15.4. The van der Waals surface area contributed by atoms with E-state index in [1.807, 2.05) is 6.92 Å². The Morgan fingerprint density at radius 3 is 2.44 bits per heavy atom. The normalized spacial score (nSPS) is 10.8. The van der Waals surface area contributed by atoms with Crippen molar-refractivity contribution in [2.45, 2.75) is 46.1 Å². The minimum Gasteiger partial charge on any atom is -0.465 e. The lowest BCUT2D eigenvalue weighted by molar-refractivity contribution is -0.116. The van der Waals surface area contributed by atoms with Gasteiger partial charge in [0.25, 0.3) is 0 Å². The molecule has 1 aromatic rings. The Morgan fingerprint density at radius 2 is 1.84 bits per heavy atom. The molecule has 1 rings (SSSR count). The first kappa shape index (κ1) is 20.5. The van der Waals surface area contributed by atoms with Gasteiger partial charge in [0.15, 0.2) is 0 Å².